The fourth-order valence-electron chi connectivity index (χ4n) is 2.38. The van der Waals surface area contributed by atoms with Gasteiger partial charge in [0.1, 0.15) is 0 Å². The van der Waals surface area contributed by atoms with Gasteiger partial charge in [-0.2, -0.15) is 9.65 Å². The predicted octanol–water partition coefficient (Wildman–Crippen LogP) is 2.28. The Morgan fingerprint density at radius 1 is 1.47 bits per heavy atom. The second-order valence-corrected chi connectivity index (χ2v) is 4.92. The molecule has 5 heteroatoms. The molecule has 0 unspecified atom stereocenters. The van der Waals surface area contributed by atoms with Gasteiger partial charge in [-0.15, -0.1) is 0 Å². The number of hydrogen-bond donors (Lipinski definition) is 1. The van der Waals surface area contributed by atoms with E-state index < -0.39 is 5.95 Å². The average Bonchev–Trinajstić information content (AvgIpc) is 2.45. The molecule has 4 nitrogen and oxygen atoms in total. The molecular weight excluding hydrogens is 245 g/mol. The van der Waals surface area contributed by atoms with Gasteiger partial charge in [0, 0.05) is 30.3 Å². The van der Waals surface area contributed by atoms with Gasteiger partial charge in [0.15, 0.2) is 0 Å². The monoisotopic (exact) mass is 261 g/mol. The molecule has 1 aliphatic carbocycles. The number of nitriles is 1. The van der Waals surface area contributed by atoms with Crippen LogP contribution in [0.25, 0.3) is 0 Å². The normalized spacial score (nSPS) is 22.5. The van der Waals surface area contributed by atoms with Crippen molar-refractivity contribution in [3.05, 3.63) is 29.8 Å². The van der Waals surface area contributed by atoms with Crippen molar-refractivity contribution in [1.29, 1.82) is 5.26 Å². The Morgan fingerprint density at radius 3 is 2.84 bits per heavy atom. The highest BCUT2D eigenvalue weighted by Crippen LogP contribution is 2.27. The predicted molar refractivity (Wildman–Crippen MR) is 67.6 cm³/mol. The summed E-state index contributed by atoms with van der Waals surface area (Å²) < 4.78 is 12.9. The van der Waals surface area contributed by atoms with Crippen LogP contribution in [0.15, 0.2) is 18.3 Å². The van der Waals surface area contributed by atoms with E-state index in [0.29, 0.717) is 18.0 Å². The summed E-state index contributed by atoms with van der Waals surface area (Å²) in [7, 11) is 0. The Hall–Kier alpha value is -1.96. The summed E-state index contributed by atoms with van der Waals surface area (Å²) in [6, 6.07) is 4.90. The lowest BCUT2D eigenvalue weighted by Crippen LogP contribution is -2.31. The van der Waals surface area contributed by atoms with Gasteiger partial charge in [-0.3, -0.25) is 4.79 Å². The first kappa shape index (κ1) is 13.5. The van der Waals surface area contributed by atoms with Crippen molar-refractivity contribution in [2.75, 3.05) is 6.54 Å². The molecule has 1 heterocycles. The lowest BCUT2D eigenvalue weighted by atomic mass is 9.83. The highest BCUT2D eigenvalue weighted by Gasteiger charge is 2.21. The molecule has 0 aliphatic heterocycles. The molecule has 2 rings (SSSR count). The number of carbonyl (C=O) groups excluding carboxylic acids is 1. The fourth-order valence-corrected chi connectivity index (χ4v) is 2.38. The molecule has 1 aliphatic rings. The Morgan fingerprint density at radius 2 is 2.21 bits per heavy atom. The van der Waals surface area contributed by atoms with Gasteiger partial charge < -0.3 is 5.32 Å². The van der Waals surface area contributed by atoms with Gasteiger partial charge in [0.2, 0.25) is 5.95 Å². The van der Waals surface area contributed by atoms with E-state index in [-0.39, 0.29) is 11.8 Å². The molecule has 1 aromatic heterocycles. The third-order valence-corrected chi connectivity index (χ3v) is 3.57. The average molecular weight is 261 g/mol. The van der Waals surface area contributed by atoms with Gasteiger partial charge in [-0.1, -0.05) is 0 Å². The van der Waals surface area contributed by atoms with Crippen molar-refractivity contribution in [1.82, 2.24) is 10.3 Å². The number of pyridine rings is 1. The Kier molecular flexibility index (Phi) is 4.45. The van der Waals surface area contributed by atoms with Crippen LogP contribution in [-0.4, -0.2) is 17.4 Å². The molecule has 100 valence electrons. The summed E-state index contributed by atoms with van der Waals surface area (Å²) in [5.74, 6) is -0.340. The summed E-state index contributed by atoms with van der Waals surface area (Å²) in [5, 5.41) is 11.6. The first-order valence-corrected chi connectivity index (χ1v) is 6.48. The maximum absolute atomic E-state index is 12.9. The molecule has 1 aromatic rings. The molecule has 1 saturated carbocycles. The standard InChI is InChI=1S/C14H16FN3O/c15-13-7-12(5-6-17-13)14(19)18-9-11-3-1-10(8-16)2-4-11/h5-7,10-11H,1-4,9H2,(H,18,19). The Balaban J connectivity index is 1.80. The van der Waals surface area contributed by atoms with Crippen LogP contribution in [0.1, 0.15) is 36.0 Å². The van der Waals surface area contributed by atoms with Crippen LogP contribution >= 0.6 is 0 Å². The van der Waals surface area contributed by atoms with Crippen LogP contribution in [0, 0.1) is 29.1 Å². The molecule has 1 amide bonds. The molecule has 0 radical (unpaired) electrons. The molecule has 0 aromatic carbocycles. The van der Waals surface area contributed by atoms with Crippen LogP contribution in [0.3, 0.4) is 0 Å². The van der Waals surface area contributed by atoms with Crippen molar-refractivity contribution in [2.24, 2.45) is 11.8 Å². The summed E-state index contributed by atoms with van der Waals surface area (Å²) >= 11 is 0. The number of nitrogens with one attached hydrogen (secondary N) is 1. The maximum atomic E-state index is 12.9. The molecule has 0 saturated heterocycles. The summed E-state index contributed by atoms with van der Waals surface area (Å²) in [6.07, 6.45) is 5.01. The van der Waals surface area contributed by atoms with E-state index in [2.05, 4.69) is 16.4 Å². The van der Waals surface area contributed by atoms with Crippen LogP contribution in [0.2, 0.25) is 0 Å². The summed E-state index contributed by atoms with van der Waals surface area (Å²) in [6.45, 7) is 0.584. The van der Waals surface area contributed by atoms with E-state index >= 15 is 0 Å². The van der Waals surface area contributed by atoms with Crippen molar-refractivity contribution in [3.63, 3.8) is 0 Å². The highest BCUT2D eigenvalue weighted by atomic mass is 19.1. The third-order valence-electron chi connectivity index (χ3n) is 3.57. The van der Waals surface area contributed by atoms with Crippen LogP contribution in [-0.2, 0) is 0 Å². The number of rotatable bonds is 3. The number of halogens is 1. The van der Waals surface area contributed by atoms with Gasteiger partial charge in [-0.25, -0.2) is 4.98 Å². The number of hydrogen-bond acceptors (Lipinski definition) is 3. The highest BCUT2D eigenvalue weighted by molar-refractivity contribution is 5.93. The van der Waals surface area contributed by atoms with E-state index in [1.54, 1.807) is 0 Å². The second kappa shape index (κ2) is 6.28. The minimum Gasteiger partial charge on any atom is -0.352 e. The van der Waals surface area contributed by atoms with Crippen LogP contribution in [0.5, 0.6) is 0 Å². The van der Waals surface area contributed by atoms with Crippen molar-refractivity contribution in [2.45, 2.75) is 25.7 Å². The second-order valence-electron chi connectivity index (χ2n) is 4.92. The van der Waals surface area contributed by atoms with E-state index in [4.69, 9.17) is 5.26 Å². The minimum atomic E-state index is -0.651. The number of nitrogens with zero attached hydrogens (tertiary/aromatic N) is 2. The summed E-state index contributed by atoms with van der Waals surface area (Å²) in [4.78, 5) is 15.2. The Bertz CT molecular complexity index is 490. The minimum absolute atomic E-state index is 0.168. The quantitative estimate of drug-likeness (QED) is 0.849. The number of amides is 1. The Labute approximate surface area is 111 Å². The number of aromatic nitrogens is 1. The molecule has 0 bridgehead atoms. The molecule has 0 spiro atoms. The van der Waals surface area contributed by atoms with Crippen molar-refractivity contribution < 1.29 is 9.18 Å². The number of carbonyl (C=O) groups is 1. The van der Waals surface area contributed by atoms with Crippen LogP contribution in [0.4, 0.5) is 4.39 Å². The zero-order chi connectivity index (χ0) is 13.7. The van der Waals surface area contributed by atoms with E-state index in [0.717, 1.165) is 31.7 Å². The van der Waals surface area contributed by atoms with Gasteiger partial charge >= 0.3 is 0 Å². The van der Waals surface area contributed by atoms with E-state index in [9.17, 15) is 9.18 Å². The fraction of sp³-hybridized carbons (Fsp3) is 0.500. The van der Waals surface area contributed by atoms with Gasteiger partial charge in [0.25, 0.3) is 5.91 Å². The first-order chi connectivity index (χ1) is 9.19. The third kappa shape index (κ3) is 3.75. The van der Waals surface area contributed by atoms with Crippen LogP contribution < -0.4 is 5.32 Å². The van der Waals surface area contributed by atoms with E-state index in [1.165, 1.54) is 12.3 Å². The van der Waals surface area contributed by atoms with Crippen molar-refractivity contribution in [3.8, 4) is 6.07 Å². The SMILES string of the molecule is N#CC1CCC(CNC(=O)c2ccnc(F)c2)CC1. The smallest absolute Gasteiger partial charge is 0.251 e. The molecule has 19 heavy (non-hydrogen) atoms. The maximum Gasteiger partial charge on any atom is 0.251 e. The summed E-state index contributed by atoms with van der Waals surface area (Å²) in [5.41, 5.74) is 0.290. The largest absolute Gasteiger partial charge is 0.352 e. The van der Waals surface area contributed by atoms with Gasteiger partial charge in [-0.05, 0) is 37.7 Å². The lowest BCUT2D eigenvalue weighted by molar-refractivity contribution is 0.0942. The topological polar surface area (TPSA) is 65.8 Å². The lowest BCUT2D eigenvalue weighted by Gasteiger charge is -2.24. The van der Waals surface area contributed by atoms with Crippen molar-refractivity contribution >= 4 is 5.91 Å². The van der Waals surface area contributed by atoms with E-state index in [1.807, 2.05) is 0 Å². The zero-order valence-corrected chi connectivity index (χ0v) is 10.6. The molecule has 1 N–H and O–H groups in total. The van der Waals surface area contributed by atoms with Gasteiger partial charge in [0.05, 0.1) is 6.07 Å². The zero-order valence-electron chi connectivity index (χ0n) is 10.6. The molecule has 1 fully saturated rings. The molecular formula is C14H16FN3O. The first-order valence-electron chi connectivity index (χ1n) is 6.48. The molecule has 0 atom stereocenters.